The average Bonchev–Trinajstić information content (AvgIpc) is 2.65. The molecule has 0 atom stereocenters. The highest BCUT2D eigenvalue weighted by Crippen LogP contribution is 2.23. The first kappa shape index (κ1) is 9.15. The van der Waals surface area contributed by atoms with Crippen molar-refractivity contribution in [2.45, 2.75) is 6.92 Å². The minimum atomic E-state index is 0.659. The largest absolute Gasteiger partial charge is 0.357 e. The van der Waals surface area contributed by atoms with Crippen LogP contribution >= 0.6 is 11.3 Å². The molecule has 0 saturated heterocycles. The molecule has 72 valence electrons. The monoisotopic (exact) mass is 205 g/mol. The summed E-state index contributed by atoms with van der Waals surface area (Å²) in [6.07, 6.45) is 1.77. The Labute approximate surface area is 86.8 Å². The van der Waals surface area contributed by atoms with Gasteiger partial charge in [-0.25, -0.2) is 9.97 Å². The van der Waals surface area contributed by atoms with E-state index in [4.69, 9.17) is 0 Å². The SMILES string of the molecule is CNc1nccc(-c2csc(C)c2)n1. The summed E-state index contributed by atoms with van der Waals surface area (Å²) in [5.74, 6) is 0.659. The van der Waals surface area contributed by atoms with Gasteiger partial charge < -0.3 is 5.32 Å². The number of anilines is 1. The maximum atomic E-state index is 4.36. The van der Waals surface area contributed by atoms with Crippen LogP contribution in [0.15, 0.2) is 23.7 Å². The highest BCUT2D eigenvalue weighted by atomic mass is 32.1. The Hall–Kier alpha value is -1.42. The summed E-state index contributed by atoms with van der Waals surface area (Å²) in [5.41, 5.74) is 2.13. The fraction of sp³-hybridized carbons (Fsp3) is 0.200. The third kappa shape index (κ3) is 1.75. The van der Waals surface area contributed by atoms with Crippen molar-refractivity contribution in [3.63, 3.8) is 0 Å². The number of aromatic nitrogens is 2. The molecule has 0 aliphatic carbocycles. The minimum absolute atomic E-state index is 0.659. The molecule has 2 aromatic rings. The molecule has 2 aromatic heterocycles. The zero-order valence-corrected chi connectivity index (χ0v) is 8.93. The zero-order chi connectivity index (χ0) is 9.97. The van der Waals surface area contributed by atoms with E-state index < -0.39 is 0 Å². The molecule has 2 rings (SSSR count). The first-order valence-electron chi connectivity index (χ1n) is 4.36. The summed E-state index contributed by atoms with van der Waals surface area (Å²) in [6, 6.07) is 4.05. The van der Waals surface area contributed by atoms with Crippen LogP contribution in [0.2, 0.25) is 0 Å². The number of hydrogen-bond acceptors (Lipinski definition) is 4. The molecule has 0 radical (unpaired) electrons. The van der Waals surface area contributed by atoms with Crippen molar-refractivity contribution >= 4 is 17.3 Å². The van der Waals surface area contributed by atoms with Crippen molar-refractivity contribution in [3.8, 4) is 11.3 Å². The number of nitrogens with one attached hydrogen (secondary N) is 1. The second-order valence-electron chi connectivity index (χ2n) is 2.96. The fourth-order valence-electron chi connectivity index (χ4n) is 1.22. The van der Waals surface area contributed by atoms with Crippen LogP contribution in [-0.4, -0.2) is 17.0 Å². The van der Waals surface area contributed by atoms with E-state index >= 15 is 0 Å². The summed E-state index contributed by atoms with van der Waals surface area (Å²) in [7, 11) is 1.82. The molecule has 0 aliphatic heterocycles. The van der Waals surface area contributed by atoms with E-state index in [0.29, 0.717) is 5.95 Å². The van der Waals surface area contributed by atoms with E-state index in [1.54, 1.807) is 17.5 Å². The fourth-order valence-corrected chi connectivity index (χ4v) is 1.91. The number of aryl methyl sites for hydroxylation is 1. The van der Waals surface area contributed by atoms with Crippen molar-refractivity contribution in [2.75, 3.05) is 12.4 Å². The minimum Gasteiger partial charge on any atom is -0.357 e. The Balaban J connectivity index is 2.41. The van der Waals surface area contributed by atoms with Crippen molar-refractivity contribution in [2.24, 2.45) is 0 Å². The molecule has 0 fully saturated rings. The first-order chi connectivity index (χ1) is 6.79. The maximum Gasteiger partial charge on any atom is 0.222 e. The Bertz CT molecular complexity index is 436. The van der Waals surface area contributed by atoms with Gasteiger partial charge in [0.15, 0.2) is 0 Å². The lowest BCUT2D eigenvalue weighted by molar-refractivity contribution is 1.16. The number of rotatable bonds is 2. The smallest absolute Gasteiger partial charge is 0.222 e. The summed E-state index contributed by atoms with van der Waals surface area (Å²) < 4.78 is 0. The van der Waals surface area contributed by atoms with Crippen LogP contribution in [-0.2, 0) is 0 Å². The molecule has 4 heteroatoms. The normalized spacial score (nSPS) is 10.1. The molecule has 0 aliphatic rings. The number of hydrogen-bond donors (Lipinski definition) is 1. The molecule has 0 saturated carbocycles. The molecular formula is C10H11N3S. The van der Waals surface area contributed by atoms with Crippen LogP contribution in [0.4, 0.5) is 5.95 Å². The third-order valence-corrected chi connectivity index (χ3v) is 2.77. The second kappa shape index (κ2) is 3.75. The lowest BCUT2D eigenvalue weighted by Gasteiger charge is -1.99. The molecule has 0 amide bonds. The van der Waals surface area contributed by atoms with Crippen LogP contribution in [0.3, 0.4) is 0 Å². The van der Waals surface area contributed by atoms with E-state index in [9.17, 15) is 0 Å². The van der Waals surface area contributed by atoms with Crippen molar-refractivity contribution in [1.29, 1.82) is 0 Å². The van der Waals surface area contributed by atoms with Gasteiger partial charge in [0.05, 0.1) is 5.69 Å². The van der Waals surface area contributed by atoms with Gasteiger partial charge >= 0.3 is 0 Å². The Kier molecular flexibility index (Phi) is 2.45. The molecule has 0 spiro atoms. The average molecular weight is 205 g/mol. The van der Waals surface area contributed by atoms with Crippen LogP contribution in [0.25, 0.3) is 11.3 Å². The Morgan fingerprint density at radius 1 is 1.43 bits per heavy atom. The van der Waals surface area contributed by atoms with E-state index in [1.165, 1.54) is 4.88 Å². The quantitative estimate of drug-likeness (QED) is 0.818. The molecule has 0 bridgehead atoms. The van der Waals surface area contributed by atoms with Gasteiger partial charge in [0, 0.05) is 29.1 Å². The standard InChI is InChI=1S/C10H11N3S/c1-7-5-8(6-14-7)9-3-4-12-10(11-2)13-9/h3-6H,1-2H3,(H,11,12,13). The van der Waals surface area contributed by atoms with Crippen molar-refractivity contribution in [1.82, 2.24) is 9.97 Å². The maximum absolute atomic E-state index is 4.36. The van der Waals surface area contributed by atoms with Gasteiger partial charge in [-0.15, -0.1) is 11.3 Å². The van der Waals surface area contributed by atoms with Gasteiger partial charge in [0.1, 0.15) is 0 Å². The predicted octanol–water partition coefficient (Wildman–Crippen LogP) is 2.56. The van der Waals surface area contributed by atoms with Gasteiger partial charge in [-0.1, -0.05) is 0 Å². The van der Waals surface area contributed by atoms with E-state index in [0.717, 1.165) is 11.3 Å². The van der Waals surface area contributed by atoms with Gasteiger partial charge in [0.2, 0.25) is 5.95 Å². The lowest BCUT2D eigenvalue weighted by atomic mass is 10.2. The highest BCUT2D eigenvalue weighted by molar-refractivity contribution is 7.10. The Morgan fingerprint density at radius 2 is 2.29 bits per heavy atom. The van der Waals surface area contributed by atoms with Gasteiger partial charge in [0.25, 0.3) is 0 Å². The summed E-state index contributed by atoms with van der Waals surface area (Å²) in [5, 5.41) is 5.03. The van der Waals surface area contributed by atoms with Crippen LogP contribution < -0.4 is 5.32 Å². The van der Waals surface area contributed by atoms with E-state index in [2.05, 4.69) is 33.7 Å². The molecule has 14 heavy (non-hydrogen) atoms. The van der Waals surface area contributed by atoms with Gasteiger partial charge in [-0.05, 0) is 19.1 Å². The van der Waals surface area contributed by atoms with Gasteiger partial charge in [-0.2, -0.15) is 0 Å². The number of nitrogens with zero attached hydrogens (tertiary/aromatic N) is 2. The van der Waals surface area contributed by atoms with Crippen LogP contribution in [0, 0.1) is 6.92 Å². The molecule has 1 N–H and O–H groups in total. The molecule has 2 heterocycles. The highest BCUT2D eigenvalue weighted by Gasteiger charge is 2.02. The van der Waals surface area contributed by atoms with Crippen LogP contribution in [0.5, 0.6) is 0 Å². The summed E-state index contributed by atoms with van der Waals surface area (Å²) >= 11 is 1.73. The summed E-state index contributed by atoms with van der Waals surface area (Å²) in [6.45, 7) is 2.09. The molecule has 0 aromatic carbocycles. The molecule has 0 unspecified atom stereocenters. The summed E-state index contributed by atoms with van der Waals surface area (Å²) in [4.78, 5) is 9.73. The molecular weight excluding hydrogens is 194 g/mol. The molecule has 3 nitrogen and oxygen atoms in total. The third-order valence-electron chi connectivity index (χ3n) is 1.91. The van der Waals surface area contributed by atoms with Crippen molar-refractivity contribution in [3.05, 3.63) is 28.6 Å². The second-order valence-corrected chi connectivity index (χ2v) is 4.08. The van der Waals surface area contributed by atoms with E-state index in [-0.39, 0.29) is 0 Å². The van der Waals surface area contributed by atoms with Gasteiger partial charge in [-0.3, -0.25) is 0 Å². The zero-order valence-electron chi connectivity index (χ0n) is 8.11. The lowest BCUT2D eigenvalue weighted by Crippen LogP contribution is -1.95. The van der Waals surface area contributed by atoms with Crippen LogP contribution in [0.1, 0.15) is 4.88 Å². The first-order valence-corrected chi connectivity index (χ1v) is 5.24. The van der Waals surface area contributed by atoms with Crippen molar-refractivity contribution < 1.29 is 0 Å². The predicted molar refractivity (Wildman–Crippen MR) is 59.6 cm³/mol. The van der Waals surface area contributed by atoms with E-state index in [1.807, 2.05) is 13.1 Å². The number of thiophene rings is 1. The topological polar surface area (TPSA) is 37.8 Å². The Morgan fingerprint density at radius 3 is 2.93 bits per heavy atom.